The molecule has 0 saturated carbocycles. The number of nitrogens with two attached hydrogens (primary N) is 1. The fraction of sp³-hybridized carbons (Fsp3) is 0.467. The zero-order valence-electron chi connectivity index (χ0n) is 13.7. The molecule has 23 heavy (non-hydrogen) atoms. The zero-order valence-corrected chi connectivity index (χ0v) is 14.5. The molecule has 0 saturated heterocycles. The number of anilines is 1. The first-order valence-electron chi connectivity index (χ1n) is 7.34. The summed E-state index contributed by atoms with van der Waals surface area (Å²) in [4.78, 5) is 20.6. The lowest BCUT2D eigenvalue weighted by atomic mass is 10.0. The molecule has 2 aromatic heterocycles. The topological polar surface area (TPSA) is 98.7 Å². The Kier molecular flexibility index (Phi) is 6.65. The van der Waals surface area contributed by atoms with Gasteiger partial charge in [0.25, 0.3) is 5.95 Å². The summed E-state index contributed by atoms with van der Waals surface area (Å²) in [5, 5.41) is 7.35. The second kappa shape index (κ2) is 8.03. The van der Waals surface area contributed by atoms with E-state index in [2.05, 4.69) is 20.4 Å². The number of rotatable bonds is 5. The van der Waals surface area contributed by atoms with Gasteiger partial charge < -0.3 is 11.1 Å². The Morgan fingerprint density at radius 2 is 1.83 bits per heavy atom. The van der Waals surface area contributed by atoms with E-state index in [0.717, 1.165) is 5.69 Å². The first kappa shape index (κ1) is 19.1. The molecule has 3 N–H and O–H groups in total. The molecule has 0 aliphatic rings. The van der Waals surface area contributed by atoms with Crippen molar-refractivity contribution in [2.75, 3.05) is 5.32 Å². The van der Waals surface area contributed by atoms with Gasteiger partial charge in [-0.05, 0) is 18.9 Å². The quantitative estimate of drug-likeness (QED) is 0.870. The number of aromatic nitrogens is 4. The number of hydrogen-bond acceptors (Lipinski definition) is 5. The monoisotopic (exact) mass is 338 g/mol. The lowest BCUT2D eigenvalue weighted by Gasteiger charge is -2.15. The van der Waals surface area contributed by atoms with Crippen molar-refractivity contribution in [1.29, 1.82) is 0 Å². The Morgan fingerprint density at radius 1 is 1.22 bits per heavy atom. The van der Waals surface area contributed by atoms with E-state index < -0.39 is 0 Å². The predicted molar refractivity (Wildman–Crippen MR) is 91.9 cm³/mol. The highest BCUT2D eigenvalue weighted by Crippen LogP contribution is 2.21. The number of carbonyl (C=O) groups excluding carboxylic acids is 1. The van der Waals surface area contributed by atoms with E-state index in [-0.39, 0.29) is 36.2 Å². The fourth-order valence-corrected chi connectivity index (χ4v) is 1.80. The Hall–Kier alpha value is -1.99. The molecule has 0 aromatic carbocycles. The highest BCUT2D eigenvalue weighted by atomic mass is 35.5. The van der Waals surface area contributed by atoms with Crippen molar-refractivity contribution in [3.63, 3.8) is 0 Å². The molecule has 7 nitrogen and oxygen atoms in total. The Bertz CT molecular complexity index is 641. The van der Waals surface area contributed by atoms with E-state index in [0.29, 0.717) is 11.8 Å². The molecule has 1 amide bonds. The molecule has 2 heterocycles. The first-order valence-corrected chi connectivity index (χ1v) is 7.34. The number of amides is 1. The highest BCUT2D eigenvalue weighted by Gasteiger charge is 2.21. The van der Waals surface area contributed by atoms with Crippen molar-refractivity contribution in [3.05, 3.63) is 30.2 Å². The van der Waals surface area contributed by atoms with Crippen molar-refractivity contribution < 1.29 is 4.79 Å². The van der Waals surface area contributed by atoms with Crippen LogP contribution in [0, 0.1) is 5.92 Å². The summed E-state index contributed by atoms with van der Waals surface area (Å²) < 4.78 is 1.54. The van der Waals surface area contributed by atoms with Crippen molar-refractivity contribution >= 4 is 24.1 Å². The minimum Gasteiger partial charge on any atom is -0.327 e. The van der Waals surface area contributed by atoms with Gasteiger partial charge in [-0.3, -0.25) is 4.79 Å². The number of nitrogens with zero attached hydrogens (tertiary/aromatic N) is 4. The van der Waals surface area contributed by atoms with E-state index in [1.165, 1.54) is 0 Å². The van der Waals surface area contributed by atoms with Crippen LogP contribution in [-0.4, -0.2) is 31.7 Å². The molecule has 8 heteroatoms. The van der Waals surface area contributed by atoms with Gasteiger partial charge >= 0.3 is 0 Å². The first-order chi connectivity index (χ1) is 10.4. The van der Waals surface area contributed by atoms with E-state index in [4.69, 9.17) is 5.73 Å². The van der Waals surface area contributed by atoms with E-state index >= 15 is 0 Å². The Labute approximate surface area is 142 Å². The molecular weight excluding hydrogens is 316 g/mol. The van der Waals surface area contributed by atoms with E-state index in [1.807, 2.05) is 19.9 Å². The summed E-state index contributed by atoms with van der Waals surface area (Å²) in [6, 6.07) is 3.34. The highest BCUT2D eigenvalue weighted by molar-refractivity contribution is 5.92. The van der Waals surface area contributed by atoms with Crippen molar-refractivity contribution in [2.45, 2.75) is 39.7 Å². The molecular formula is C15H23ClN6O. The molecule has 2 atom stereocenters. The van der Waals surface area contributed by atoms with E-state index in [9.17, 15) is 4.79 Å². The largest absolute Gasteiger partial charge is 0.327 e. The second-order valence-electron chi connectivity index (χ2n) is 5.71. The standard InChI is InChI=1S/C15H22N6O.ClH/c1-9(2)12-8-13(19-14(22)10(3)11(4)16)21(20-12)15-17-6-5-7-18-15;/h5-11H,16H2,1-4H3,(H,19,22);1H. The third-order valence-electron chi connectivity index (χ3n) is 3.51. The van der Waals surface area contributed by atoms with Gasteiger partial charge in [-0.25, -0.2) is 9.97 Å². The van der Waals surface area contributed by atoms with Gasteiger partial charge in [0, 0.05) is 24.5 Å². The van der Waals surface area contributed by atoms with Crippen molar-refractivity contribution in [2.24, 2.45) is 11.7 Å². The van der Waals surface area contributed by atoms with Crippen LogP contribution in [0.25, 0.3) is 5.95 Å². The maximum absolute atomic E-state index is 12.2. The van der Waals surface area contributed by atoms with Crippen molar-refractivity contribution in [3.8, 4) is 5.95 Å². The third kappa shape index (κ3) is 4.49. The van der Waals surface area contributed by atoms with Gasteiger partial charge in [-0.2, -0.15) is 9.78 Å². The fourth-order valence-electron chi connectivity index (χ4n) is 1.80. The van der Waals surface area contributed by atoms with Gasteiger partial charge in [0.15, 0.2) is 0 Å². The number of carbonyl (C=O) groups is 1. The predicted octanol–water partition coefficient (Wildman–Crippen LogP) is 2.13. The summed E-state index contributed by atoms with van der Waals surface area (Å²) in [7, 11) is 0. The third-order valence-corrected chi connectivity index (χ3v) is 3.51. The molecule has 2 rings (SSSR count). The SMILES string of the molecule is CC(C)c1cc(NC(=O)C(C)C(C)N)n(-c2ncccn2)n1.Cl. The molecule has 0 aliphatic carbocycles. The van der Waals surface area contributed by atoms with Crippen LogP contribution >= 0.6 is 12.4 Å². The number of nitrogens with one attached hydrogen (secondary N) is 1. The van der Waals surface area contributed by atoms with E-state index in [1.54, 1.807) is 37.0 Å². The molecule has 126 valence electrons. The maximum Gasteiger partial charge on any atom is 0.252 e. The minimum absolute atomic E-state index is 0. The normalized spacial score (nSPS) is 13.3. The molecule has 0 radical (unpaired) electrons. The van der Waals surface area contributed by atoms with Crippen LogP contribution in [0.3, 0.4) is 0 Å². The van der Waals surface area contributed by atoms with Crippen LogP contribution < -0.4 is 11.1 Å². The average molecular weight is 339 g/mol. The van der Waals surface area contributed by atoms with Crippen LogP contribution in [0.15, 0.2) is 24.5 Å². The molecule has 2 aromatic rings. The number of halogens is 1. The minimum atomic E-state index is -0.303. The summed E-state index contributed by atoms with van der Waals surface area (Å²) in [5.41, 5.74) is 6.64. The summed E-state index contributed by atoms with van der Waals surface area (Å²) >= 11 is 0. The lowest BCUT2D eigenvalue weighted by molar-refractivity contribution is -0.119. The summed E-state index contributed by atoms with van der Waals surface area (Å²) in [6.45, 7) is 7.67. The zero-order chi connectivity index (χ0) is 16.3. The van der Waals surface area contributed by atoms with Crippen LogP contribution in [-0.2, 0) is 4.79 Å². The van der Waals surface area contributed by atoms with Gasteiger partial charge in [-0.15, -0.1) is 12.4 Å². The maximum atomic E-state index is 12.2. The van der Waals surface area contributed by atoms with Gasteiger partial charge in [-0.1, -0.05) is 20.8 Å². The molecule has 2 unspecified atom stereocenters. The van der Waals surface area contributed by atoms with Crippen LogP contribution in [0.4, 0.5) is 5.82 Å². The second-order valence-corrected chi connectivity index (χ2v) is 5.71. The average Bonchev–Trinajstić information content (AvgIpc) is 2.91. The number of hydrogen-bond donors (Lipinski definition) is 2. The van der Waals surface area contributed by atoms with Gasteiger partial charge in [0.05, 0.1) is 11.6 Å². The Morgan fingerprint density at radius 3 is 2.35 bits per heavy atom. The molecule has 0 aliphatic heterocycles. The van der Waals surface area contributed by atoms with Crippen LogP contribution in [0.1, 0.15) is 39.3 Å². The van der Waals surface area contributed by atoms with Crippen LogP contribution in [0.5, 0.6) is 0 Å². The van der Waals surface area contributed by atoms with Crippen LogP contribution in [0.2, 0.25) is 0 Å². The summed E-state index contributed by atoms with van der Waals surface area (Å²) in [5.74, 6) is 0.738. The summed E-state index contributed by atoms with van der Waals surface area (Å²) in [6.07, 6.45) is 3.27. The Balaban J connectivity index is 0.00000264. The van der Waals surface area contributed by atoms with Crippen molar-refractivity contribution in [1.82, 2.24) is 19.7 Å². The molecule has 0 bridgehead atoms. The van der Waals surface area contributed by atoms with Gasteiger partial charge in [0.2, 0.25) is 5.91 Å². The smallest absolute Gasteiger partial charge is 0.252 e. The lowest BCUT2D eigenvalue weighted by Crippen LogP contribution is -2.34. The van der Waals surface area contributed by atoms with Gasteiger partial charge in [0.1, 0.15) is 5.82 Å². The molecule has 0 fully saturated rings. The molecule has 0 spiro atoms.